The third-order valence-corrected chi connectivity index (χ3v) is 8.55. The maximum absolute atomic E-state index is 14.1. The van der Waals surface area contributed by atoms with Gasteiger partial charge in [-0.15, -0.1) is 11.3 Å². The van der Waals surface area contributed by atoms with E-state index in [1.165, 1.54) is 23.2 Å². The zero-order valence-electron chi connectivity index (χ0n) is 28.5. The van der Waals surface area contributed by atoms with Gasteiger partial charge < -0.3 is 29.4 Å². The minimum absolute atomic E-state index is 0.000478. The molecule has 3 aromatic heterocycles. The van der Waals surface area contributed by atoms with Crippen LogP contribution in [0.1, 0.15) is 56.4 Å². The molecule has 5 rings (SSSR count). The average molecular weight is 731 g/mol. The number of urea groups is 1. The summed E-state index contributed by atoms with van der Waals surface area (Å²) >= 11 is 0.755. The molecule has 17 heteroatoms. The number of hydrogen-bond donors (Lipinski definition) is 3. The van der Waals surface area contributed by atoms with E-state index in [1.54, 1.807) is 46.8 Å². The molecule has 272 valence electrons. The smallest absolute Gasteiger partial charge is 0.434 e. The number of amides is 3. The monoisotopic (exact) mass is 730 g/mol. The molecule has 1 saturated heterocycles. The van der Waals surface area contributed by atoms with Crippen molar-refractivity contribution in [3.63, 3.8) is 0 Å². The lowest BCUT2D eigenvalue weighted by atomic mass is 9.97. The molecule has 3 N–H and O–H groups in total. The second-order valence-electron chi connectivity index (χ2n) is 12.5. The summed E-state index contributed by atoms with van der Waals surface area (Å²) in [5.41, 5.74) is -1.26. The van der Waals surface area contributed by atoms with E-state index in [2.05, 4.69) is 25.6 Å². The average Bonchev–Trinajstić information content (AvgIpc) is 3.56. The minimum atomic E-state index is -4.69. The number of alkyl halides is 3. The number of nitrogens with one attached hydrogen (secondary N) is 3. The number of hydrogen-bond acceptors (Lipinski definition) is 10. The Labute approximate surface area is 294 Å². The Bertz CT molecular complexity index is 2010. The number of halogens is 3. The molecule has 51 heavy (non-hydrogen) atoms. The van der Waals surface area contributed by atoms with Gasteiger partial charge >= 0.3 is 24.3 Å². The van der Waals surface area contributed by atoms with E-state index in [9.17, 15) is 32.3 Å². The van der Waals surface area contributed by atoms with Crippen molar-refractivity contribution in [2.75, 3.05) is 38.2 Å². The van der Waals surface area contributed by atoms with Crippen LogP contribution >= 0.6 is 11.3 Å². The Morgan fingerprint density at radius 2 is 1.90 bits per heavy atom. The minimum Gasteiger partial charge on any atom is -0.462 e. The number of ether oxygens (including phenoxy) is 3. The number of fused-ring (bicyclic) bond motifs is 1. The summed E-state index contributed by atoms with van der Waals surface area (Å²) in [5.74, 6) is -0.810. The molecule has 1 aliphatic rings. The predicted octanol–water partition coefficient (Wildman–Crippen LogP) is 6.23. The Morgan fingerprint density at radius 3 is 2.57 bits per heavy atom. The number of morpholine rings is 1. The van der Waals surface area contributed by atoms with Gasteiger partial charge in [-0.3, -0.25) is 10.1 Å². The molecule has 4 heterocycles. The van der Waals surface area contributed by atoms with Gasteiger partial charge in [0.15, 0.2) is 5.69 Å². The lowest BCUT2D eigenvalue weighted by Crippen LogP contribution is -2.51. The molecule has 0 aliphatic carbocycles. The highest BCUT2D eigenvalue weighted by molar-refractivity contribution is 7.13. The second kappa shape index (κ2) is 15.1. The van der Waals surface area contributed by atoms with Crippen LogP contribution in [0.5, 0.6) is 0 Å². The lowest BCUT2D eigenvalue weighted by molar-refractivity contribution is -0.140. The number of pyridine rings is 2. The molecule has 0 radical (unpaired) electrons. The maximum Gasteiger partial charge on any atom is 0.434 e. The van der Waals surface area contributed by atoms with Crippen molar-refractivity contribution < 1.29 is 41.8 Å². The van der Waals surface area contributed by atoms with Gasteiger partial charge in [-0.2, -0.15) is 13.2 Å². The van der Waals surface area contributed by atoms with E-state index < -0.39 is 47.0 Å². The maximum atomic E-state index is 14.1. The van der Waals surface area contributed by atoms with E-state index in [1.807, 2.05) is 0 Å². The third-order valence-electron chi connectivity index (χ3n) is 7.67. The molecular formula is C34H37F3N6O7S. The Kier molecular flexibility index (Phi) is 11.0. The van der Waals surface area contributed by atoms with E-state index >= 15 is 0 Å². The SMILES string of the molecule is CCNC(=O)Nc1cc(-c2nc(C(F)(F)F)cs2)c(-c2ccc3[nH]c(C[C@@H]4COCCN4C(=O)OC(C)(C)C)c(C(=O)OCC)c(=O)c3c2)cn1. The number of benzene rings is 1. The first kappa shape index (κ1) is 37.2. The summed E-state index contributed by atoms with van der Waals surface area (Å²) in [6.45, 7) is 9.56. The Hall–Kier alpha value is -5.03. The summed E-state index contributed by atoms with van der Waals surface area (Å²) in [4.78, 5) is 65.5. The number of thiazole rings is 1. The number of aromatic nitrogens is 3. The summed E-state index contributed by atoms with van der Waals surface area (Å²) in [6, 6.07) is 4.99. The van der Waals surface area contributed by atoms with Crippen LogP contribution in [-0.4, -0.2) is 82.5 Å². The summed E-state index contributed by atoms with van der Waals surface area (Å²) < 4.78 is 57.1. The van der Waals surface area contributed by atoms with Crippen LogP contribution in [0.3, 0.4) is 0 Å². The summed E-state index contributed by atoms with van der Waals surface area (Å²) in [7, 11) is 0. The van der Waals surface area contributed by atoms with Gasteiger partial charge in [0.1, 0.15) is 22.0 Å². The fourth-order valence-electron chi connectivity index (χ4n) is 5.48. The van der Waals surface area contributed by atoms with Crippen molar-refractivity contribution in [3.8, 4) is 21.7 Å². The van der Waals surface area contributed by atoms with Crippen LogP contribution < -0.4 is 16.1 Å². The van der Waals surface area contributed by atoms with Crippen LogP contribution in [0, 0.1) is 0 Å². The fraction of sp³-hybridized carbons (Fsp3) is 0.412. The zero-order chi connectivity index (χ0) is 37.1. The number of nitrogens with zero attached hydrogens (tertiary/aromatic N) is 3. The summed E-state index contributed by atoms with van der Waals surface area (Å²) in [6.07, 6.45) is -3.84. The van der Waals surface area contributed by atoms with Crippen LogP contribution in [-0.2, 0) is 26.8 Å². The van der Waals surface area contributed by atoms with Gasteiger partial charge in [0.2, 0.25) is 5.43 Å². The van der Waals surface area contributed by atoms with Crippen molar-refractivity contribution in [1.82, 2.24) is 25.2 Å². The lowest BCUT2D eigenvalue weighted by Gasteiger charge is -2.36. The molecule has 1 atom stereocenters. The van der Waals surface area contributed by atoms with Crippen LogP contribution in [0.15, 0.2) is 40.6 Å². The van der Waals surface area contributed by atoms with Gasteiger partial charge in [-0.05, 0) is 58.4 Å². The van der Waals surface area contributed by atoms with Crippen LogP contribution in [0.25, 0.3) is 32.6 Å². The Morgan fingerprint density at radius 1 is 1.14 bits per heavy atom. The van der Waals surface area contributed by atoms with E-state index in [0.29, 0.717) is 23.2 Å². The van der Waals surface area contributed by atoms with Crippen molar-refractivity contribution >= 4 is 46.2 Å². The highest BCUT2D eigenvalue weighted by Crippen LogP contribution is 2.39. The molecule has 1 fully saturated rings. The number of anilines is 1. The predicted molar refractivity (Wildman–Crippen MR) is 184 cm³/mol. The summed E-state index contributed by atoms with van der Waals surface area (Å²) in [5, 5.41) is 6.08. The first-order valence-electron chi connectivity index (χ1n) is 16.1. The van der Waals surface area contributed by atoms with E-state index in [-0.39, 0.29) is 65.8 Å². The van der Waals surface area contributed by atoms with E-state index in [0.717, 1.165) is 16.7 Å². The molecule has 0 spiro atoms. The highest BCUT2D eigenvalue weighted by atomic mass is 32.1. The number of H-pyrrole nitrogens is 1. The molecule has 0 saturated carbocycles. The van der Waals surface area contributed by atoms with E-state index in [4.69, 9.17) is 14.2 Å². The molecule has 4 aromatic rings. The normalized spacial score (nSPS) is 15.1. The first-order chi connectivity index (χ1) is 24.1. The number of carbonyl (C=O) groups excluding carboxylic acids is 3. The molecule has 1 aliphatic heterocycles. The van der Waals surface area contributed by atoms with Crippen molar-refractivity contribution in [2.45, 2.75) is 58.9 Å². The Balaban J connectivity index is 1.61. The third kappa shape index (κ3) is 8.65. The molecule has 3 amide bonds. The first-order valence-corrected chi connectivity index (χ1v) is 17.0. The fourth-order valence-corrected chi connectivity index (χ4v) is 6.33. The van der Waals surface area contributed by atoms with Crippen LogP contribution in [0.4, 0.5) is 28.6 Å². The van der Waals surface area contributed by atoms with Gasteiger partial charge in [0, 0.05) is 58.8 Å². The van der Waals surface area contributed by atoms with Crippen LogP contribution in [0.2, 0.25) is 0 Å². The van der Waals surface area contributed by atoms with Gasteiger partial charge in [-0.25, -0.2) is 24.4 Å². The second-order valence-corrected chi connectivity index (χ2v) is 13.4. The quantitative estimate of drug-likeness (QED) is 0.178. The van der Waals surface area contributed by atoms with Crippen molar-refractivity contribution in [1.29, 1.82) is 0 Å². The van der Waals surface area contributed by atoms with Gasteiger partial charge in [0.05, 0.1) is 25.9 Å². The number of rotatable bonds is 8. The van der Waals surface area contributed by atoms with Gasteiger partial charge in [-0.1, -0.05) is 6.07 Å². The highest BCUT2D eigenvalue weighted by Gasteiger charge is 2.35. The van der Waals surface area contributed by atoms with Gasteiger partial charge in [0.25, 0.3) is 0 Å². The zero-order valence-corrected chi connectivity index (χ0v) is 29.3. The van der Waals surface area contributed by atoms with Crippen molar-refractivity contribution in [3.05, 3.63) is 63.0 Å². The number of carbonyl (C=O) groups is 3. The topological polar surface area (TPSA) is 165 Å². The molecule has 1 aromatic carbocycles. The molecule has 13 nitrogen and oxygen atoms in total. The number of esters is 1. The van der Waals surface area contributed by atoms with Crippen molar-refractivity contribution in [2.24, 2.45) is 0 Å². The number of aromatic amines is 1. The molecule has 0 bridgehead atoms. The standard InChI is InChI=1S/C34H37F3N6O7S/c1-6-38-31(46)42-26-14-20(29-41-25(17-51-29)34(35,36)37)22(15-39-26)18-8-9-23-21(12-18)28(44)27(30(45)49-7-2)24(40-23)13-19-16-48-11-10-43(19)32(47)50-33(3,4)5/h8-9,12,14-15,17,19H,6-7,10-11,13,16H2,1-5H3,(H,40,44)(H2,38,39,42,46)/t19-/m1/s1. The largest absolute Gasteiger partial charge is 0.462 e. The molecular weight excluding hydrogens is 693 g/mol. The molecule has 0 unspecified atom stereocenters.